The Hall–Kier alpha value is -2.10. The van der Waals surface area contributed by atoms with Gasteiger partial charge in [-0.3, -0.25) is 4.99 Å². The van der Waals surface area contributed by atoms with Crippen molar-refractivity contribution in [2.75, 3.05) is 6.61 Å². The maximum atomic E-state index is 12.1. The van der Waals surface area contributed by atoms with E-state index in [0.29, 0.717) is 12.2 Å². The lowest BCUT2D eigenvalue weighted by Gasteiger charge is -2.24. The van der Waals surface area contributed by atoms with E-state index >= 15 is 0 Å². The quantitative estimate of drug-likeness (QED) is 0.848. The molecule has 1 unspecified atom stereocenters. The van der Waals surface area contributed by atoms with Gasteiger partial charge in [0.1, 0.15) is 6.04 Å². The van der Waals surface area contributed by atoms with E-state index in [4.69, 9.17) is 4.74 Å². The van der Waals surface area contributed by atoms with E-state index in [9.17, 15) is 4.79 Å². The average molecular weight is 258 g/mol. The molecule has 0 amide bonds. The molecule has 1 heterocycles. The number of nitrogens with zero attached hydrogens (tertiary/aromatic N) is 1. The minimum absolute atomic E-state index is 0.290. The van der Waals surface area contributed by atoms with Gasteiger partial charge in [0.2, 0.25) is 0 Å². The Kier molecular flexibility index (Phi) is 4.00. The molecule has 1 aliphatic heterocycles. The van der Waals surface area contributed by atoms with Crippen LogP contribution in [0.4, 0.5) is 0 Å². The number of aliphatic imine (C=N–C) groups is 1. The van der Waals surface area contributed by atoms with Gasteiger partial charge in [-0.1, -0.05) is 30.3 Å². The molecule has 1 aromatic rings. The fourth-order valence-electron chi connectivity index (χ4n) is 2.18. The molecule has 0 fully saturated rings. The highest BCUT2D eigenvalue weighted by atomic mass is 16.5. The number of hydrogen-bond donors (Lipinski definition) is 1. The first-order valence-electron chi connectivity index (χ1n) is 6.37. The summed E-state index contributed by atoms with van der Waals surface area (Å²) >= 11 is 0. The number of esters is 1. The van der Waals surface area contributed by atoms with Crippen molar-refractivity contribution in [2.24, 2.45) is 4.99 Å². The van der Waals surface area contributed by atoms with Crippen molar-refractivity contribution in [3.63, 3.8) is 0 Å². The summed E-state index contributed by atoms with van der Waals surface area (Å²) in [5.74, 6) is 0.497. The summed E-state index contributed by atoms with van der Waals surface area (Å²) in [6.45, 7) is 5.93. The van der Waals surface area contributed by atoms with Crippen molar-refractivity contribution in [3.8, 4) is 0 Å². The zero-order chi connectivity index (χ0) is 13.8. The molecule has 4 heteroatoms. The Morgan fingerprint density at radius 1 is 1.32 bits per heavy atom. The molecular formula is C15H18N2O2. The maximum absolute atomic E-state index is 12.1. The molecule has 0 aliphatic carbocycles. The van der Waals surface area contributed by atoms with Crippen LogP contribution in [0.5, 0.6) is 0 Å². The van der Waals surface area contributed by atoms with E-state index < -0.39 is 0 Å². The van der Waals surface area contributed by atoms with Gasteiger partial charge in [0.25, 0.3) is 0 Å². The van der Waals surface area contributed by atoms with Gasteiger partial charge in [-0.05, 0) is 26.3 Å². The molecule has 1 N–H and O–H groups in total. The van der Waals surface area contributed by atoms with E-state index in [-0.39, 0.29) is 12.0 Å². The molecule has 1 aliphatic rings. The number of allylic oxidation sites excluding steroid dienone is 1. The predicted octanol–water partition coefficient (Wildman–Crippen LogP) is 2.59. The summed E-state index contributed by atoms with van der Waals surface area (Å²) in [4.78, 5) is 16.6. The van der Waals surface area contributed by atoms with E-state index in [0.717, 1.165) is 17.1 Å². The Balaban J connectivity index is 2.42. The van der Waals surface area contributed by atoms with Crippen LogP contribution in [-0.4, -0.2) is 18.4 Å². The third-order valence-electron chi connectivity index (χ3n) is 2.98. The van der Waals surface area contributed by atoms with Gasteiger partial charge >= 0.3 is 5.97 Å². The zero-order valence-corrected chi connectivity index (χ0v) is 11.4. The number of benzene rings is 1. The van der Waals surface area contributed by atoms with Gasteiger partial charge < -0.3 is 10.1 Å². The van der Waals surface area contributed by atoms with E-state index in [2.05, 4.69) is 10.3 Å². The molecule has 2 rings (SSSR count). The number of carbonyl (C=O) groups is 1. The summed E-state index contributed by atoms with van der Waals surface area (Å²) in [5.41, 5.74) is 2.38. The number of carbonyl (C=O) groups excluding carboxylic acids is 1. The summed E-state index contributed by atoms with van der Waals surface area (Å²) in [5, 5.41) is 3.10. The number of ether oxygens (including phenoxy) is 1. The van der Waals surface area contributed by atoms with E-state index in [1.165, 1.54) is 0 Å². The molecule has 0 spiro atoms. The van der Waals surface area contributed by atoms with Gasteiger partial charge in [-0.2, -0.15) is 0 Å². The van der Waals surface area contributed by atoms with Crippen molar-refractivity contribution in [1.82, 2.24) is 5.32 Å². The first kappa shape index (κ1) is 13.3. The van der Waals surface area contributed by atoms with Crippen molar-refractivity contribution in [3.05, 3.63) is 47.2 Å². The highest BCUT2D eigenvalue weighted by Crippen LogP contribution is 2.31. The van der Waals surface area contributed by atoms with Crippen LogP contribution in [0.25, 0.3) is 0 Å². The number of rotatable bonds is 3. The first-order chi connectivity index (χ1) is 9.13. The standard InChI is InChI=1S/C15H18N2O2/c1-4-19-15(18)13-10(2)16-11(3)17-14(13)12-8-6-5-7-9-12/h5-9,14H,4H2,1-3H3,(H,16,17). The second kappa shape index (κ2) is 5.69. The van der Waals surface area contributed by atoms with Crippen LogP contribution < -0.4 is 5.32 Å². The molecule has 0 aromatic heterocycles. The number of amidine groups is 1. The normalized spacial score (nSPS) is 18.7. The third-order valence-corrected chi connectivity index (χ3v) is 2.98. The lowest BCUT2D eigenvalue weighted by molar-refractivity contribution is -0.138. The first-order valence-corrected chi connectivity index (χ1v) is 6.37. The largest absolute Gasteiger partial charge is 0.463 e. The topological polar surface area (TPSA) is 50.7 Å². The molecule has 100 valence electrons. The highest BCUT2D eigenvalue weighted by Gasteiger charge is 2.28. The molecule has 0 radical (unpaired) electrons. The molecule has 19 heavy (non-hydrogen) atoms. The highest BCUT2D eigenvalue weighted by molar-refractivity contribution is 5.95. The zero-order valence-electron chi connectivity index (χ0n) is 11.4. The Morgan fingerprint density at radius 2 is 2.00 bits per heavy atom. The molecule has 1 aromatic carbocycles. The lowest BCUT2D eigenvalue weighted by atomic mass is 9.96. The lowest BCUT2D eigenvalue weighted by Crippen LogP contribution is -2.30. The monoisotopic (exact) mass is 258 g/mol. The van der Waals surface area contributed by atoms with Crippen LogP contribution in [-0.2, 0) is 9.53 Å². The van der Waals surface area contributed by atoms with E-state index in [1.54, 1.807) is 6.92 Å². The minimum atomic E-state index is -0.308. The predicted molar refractivity (Wildman–Crippen MR) is 74.8 cm³/mol. The Morgan fingerprint density at radius 3 is 2.63 bits per heavy atom. The van der Waals surface area contributed by atoms with Gasteiger partial charge in [0.15, 0.2) is 0 Å². The average Bonchev–Trinajstić information content (AvgIpc) is 2.39. The molecule has 0 saturated heterocycles. The summed E-state index contributed by atoms with van der Waals surface area (Å²) in [6.07, 6.45) is 0. The Bertz CT molecular complexity index is 532. The summed E-state index contributed by atoms with van der Waals surface area (Å²) in [7, 11) is 0. The molecule has 4 nitrogen and oxygen atoms in total. The van der Waals surface area contributed by atoms with Crippen LogP contribution >= 0.6 is 0 Å². The maximum Gasteiger partial charge on any atom is 0.338 e. The van der Waals surface area contributed by atoms with Crippen molar-refractivity contribution in [1.29, 1.82) is 0 Å². The van der Waals surface area contributed by atoms with Gasteiger partial charge in [0, 0.05) is 5.70 Å². The smallest absolute Gasteiger partial charge is 0.338 e. The molecule has 0 saturated carbocycles. The molecule has 1 atom stereocenters. The van der Waals surface area contributed by atoms with Crippen molar-refractivity contribution < 1.29 is 9.53 Å². The van der Waals surface area contributed by atoms with Gasteiger partial charge in [-0.15, -0.1) is 0 Å². The fraction of sp³-hybridized carbons (Fsp3) is 0.333. The van der Waals surface area contributed by atoms with Crippen LogP contribution in [0.3, 0.4) is 0 Å². The van der Waals surface area contributed by atoms with E-state index in [1.807, 2.05) is 44.2 Å². The van der Waals surface area contributed by atoms with Crippen LogP contribution in [0.1, 0.15) is 32.4 Å². The number of nitrogens with one attached hydrogen (secondary N) is 1. The van der Waals surface area contributed by atoms with Gasteiger partial charge in [0.05, 0.1) is 18.0 Å². The van der Waals surface area contributed by atoms with Crippen LogP contribution in [0, 0.1) is 0 Å². The minimum Gasteiger partial charge on any atom is -0.463 e. The number of hydrogen-bond acceptors (Lipinski definition) is 4. The fourth-order valence-corrected chi connectivity index (χ4v) is 2.18. The molecular weight excluding hydrogens is 240 g/mol. The van der Waals surface area contributed by atoms with Gasteiger partial charge in [-0.25, -0.2) is 4.79 Å². The molecule has 0 bridgehead atoms. The second-order valence-corrected chi connectivity index (χ2v) is 4.41. The SMILES string of the molecule is CCOC(=O)C1=C(C)NC(C)=NC1c1ccccc1. The van der Waals surface area contributed by atoms with Crippen molar-refractivity contribution >= 4 is 11.8 Å². The van der Waals surface area contributed by atoms with Crippen LogP contribution in [0.2, 0.25) is 0 Å². The van der Waals surface area contributed by atoms with Crippen LogP contribution in [0.15, 0.2) is 46.6 Å². The van der Waals surface area contributed by atoms with Crippen molar-refractivity contribution in [2.45, 2.75) is 26.8 Å². The Labute approximate surface area is 113 Å². The summed E-state index contributed by atoms with van der Waals surface area (Å²) in [6, 6.07) is 9.49. The summed E-state index contributed by atoms with van der Waals surface area (Å²) < 4.78 is 5.13. The third kappa shape index (κ3) is 2.84. The second-order valence-electron chi connectivity index (χ2n) is 4.41.